The van der Waals surface area contributed by atoms with Crippen LogP contribution in [0.5, 0.6) is 5.75 Å². The van der Waals surface area contributed by atoms with Crippen LogP contribution in [0.25, 0.3) is 22.4 Å². The molecule has 0 unspecified atom stereocenters. The van der Waals surface area contributed by atoms with Crippen LogP contribution in [0, 0.1) is 0 Å². The number of anilines is 3. The minimum Gasteiger partial charge on any atom is -0.497 e. The molecule has 0 spiro atoms. The first-order chi connectivity index (χ1) is 17.2. The first-order valence-electron chi connectivity index (χ1n) is 11.1. The van der Waals surface area contributed by atoms with E-state index in [4.69, 9.17) is 9.72 Å². The Morgan fingerprint density at radius 1 is 0.771 bits per heavy atom. The van der Waals surface area contributed by atoms with Gasteiger partial charge in [-0.2, -0.15) is 0 Å². The lowest BCUT2D eigenvalue weighted by molar-refractivity contribution is 0.102. The van der Waals surface area contributed by atoms with Crippen molar-refractivity contribution < 1.29 is 9.53 Å². The maximum absolute atomic E-state index is 12.8. The van der Waals surface area contributed by atoms with E-state index >= 15 is 0 Å². The van der Waals surface area contributed by atoms with Crippen molar-refractivity contribution in [2.24, 2.45) is 0 Å². The molecule has 172 valence electrons. The Bertz CT molecular complexity index is 1430. The molecule has 0 aliphatic rings. The van der Waals surface area contributed by atoms with Crippen LogP contribution in [0.4, 0.5) is 16.5 Å². The third-order valence-corrected chi connectivity index (χ3v) is 6.27. The molecule has 0 aliphatic carbocycles. The number of rotatable bonds is 7. The highest BCUT2D eigenvalue weighted by Crippen LogP contribution is 2.29. The summed E-state index contributed by atoms with van der Waals surface area (Å²) >= 11 is 1.52. The van der Waals surface area contributed by atoms with Crippen molar-refractivity contribution in [1.29, 1.82) is 0 Å². The number of carbonyl (C=O) groups is 1. The molecule has 2 N–H and O–H groups in total. The number of hydrogen-bond donors (Lipinski definition) is 2. The molecule has 0 radical (unpaired) electrons. The Labute approximate surface area is 208 Å². The van der Waals surface area contributed by atoms with Gasteiger partial charge in [-0.1, -0.05) is 54.6 Å². The molecule has 5 aromatic rings. The number of thiazole rings is 1. The number of ether oxygens (including phenoxy) is 1. The zero-order valence-corrected chi connectivity index (χ0v) is 19.9. The lowest BCUT2D eigenvalue weighted by atomic mass is 10.0. The third-order valence-electron chi connectivity index (χ3n) is 5.52. The number of nitrogens with one attached hydrogen (secondary N) is 2. The standard InChI is InChI=1S/C29H23N3O2S/c1-34-26-16-14-24(15-17-26)31-29-32-27(19-35-29)23-8-5-9-25(18-23)30-28(33)22-12-10-21(11-13-22)20-6-3-2-4-7-20/h2-19H,1H3,(H,30,33)(H,31,32). The van der Waals surface area contributed by atoms with Crippen LogP contribution >= 0.6 is 11.3 Å². The smallest absolute Gasteiger partial charge is 0.255 e. The topological polar surface area (TPSA) is 63.2 Å². The largest absolute Gasteiger partial charge is 0.497 e. The van der Waals surface area contributed by atoms with E-state index in [2.05, 4.69) is 22.8 Å². The van der Waals surface area contributed by atoms with E-state index in [0.717, 1.165) is 44.6 Å². The van der Waals surface area contributed by atoms with Crippen LogP contribution in [0.15, 0.2) is 109 Å². The van der Waals surface area contributed by atoms with Crippen molar-refractivity contribution >= 4 is 33.8 Å². The summed E-state index contributed by atoms with van der Waals surface area (Å²) < 4.78 is 5.20. The molecular formula is C29H23N3O2S. The molecule has 0 fully saturated rings. The summed E-state index contributed by atoms with van der Waals surface area (Å²) in [6.07, 6.45) is 0. The molecular weight excluding hydrogens is 454 g/mol. The SMILES string of the molecule is COc1ccc(Nc2nc(-c3cccc(NC(=O)c4ccc(-c5ccccc5)cc4)c3)cs2)cc1. The van der Waals surface area contributed by atoms with Crippen LogP contribution in [0.2, 0.25) is 0 Å². The molecule has 0 saturated heterocycles. The van der Waals surface area contributed by atoms with Crippen molar-refractivity contribution in [2.45, 2.75) is 0 Å². The molecule has 5 nitrogen and oxygen atoms in total. The van der Waals surface area contributed by atoms with Gasteiger partial charge in [0.25, 0.3) is 5.91 Å². The number of amides is 1. The molecule has 35 heavy (non-hydrogen) atoms. The molecule has 1 amide bonds. The van der Waals surface area contributed by atoms with Crippen LogP contribution in [-0.4, -0.2) is 18.0 Å². The van der Waals surface area contributed by atoms with Crippen molar-refractivity contribution in [3.8, 4) is 28.1 Å². The van der Waals surface area contributed by atoms with Gasteiger partial charge in [-0.3, -0.25) is 4.79 Å². The van der Waals surface area contributed by atoms with Gasteiger partial charge in [-0.25, -0.2) is 4.98 Å². The summed E-state index contributed by atoms with van der Waals surface area (Å²) in [6.45, 7) is 0. The van der Waals surface area contributed by atoms with Crippen LogP contribution in [-0.2, 0) is 0 Å². The molecule has 6 heteroatoms. The fourth-order valence-electron chi connectivity index (χ4n) is 3.67. The van der Waals surface area contributed by atoms with Gasteiger partial charge >= 0.3 is 0 Å². The van der Waals surface area contributed by atoms with Crippen LogP contribution < -0.4 is 15.4 Å². The highest BCUT2D eigenvalue weighted by atomic mass is 32.1. The van der Waals surface area contributed by atoms with E-state index in [0.29, 0.717) is 5.56 Å². The predicted molar refractivity (Wildman–Crippen MR) is 144 cm³/mol. The molecule has 1 aromatic heterocycles. The highest BCUT2D eigenvalue weighted by molar-refractivity contribution is 7.14. The summed E-state index contributed by atoms with van der Waals surface area (Å²) in [6, 6.07) is 33.1. The predicted octanol–water partition coefficient (Wildman–Crippen LogP) is 7.48. The van der Waals surface area contributed by atoms with Crippen molar-refractivity contribution in [1.82, 2.24) is 4.98 Å². The summed E-state index contributed by atoms with van der Waals surface area (Å²) in [4.78, 5) is 17.5. The second-order valence-corrected chi connectivity index (χ2v) is 8.73. The summed E-state index contributed by atoms with van der Waals surface area (Å²) in [7, 11) is 1.65. The molecule has 0 bridgehead atoms. The second kappa shape index (κ2) is 10.2. The normalized spacial score (nSPS) is 10.5. The van der Waals surface area contributed by atoms with Gasteiger partial charge in [-0.05, 0) is 59.7 Å². The van der Waals surface area contributed by atoms with E-state index in [-0.39, 0.29) is 5.91 Å². The minimum absolute atomic E-state index is 0.151. The van der Waals surface area contributed by atoms with E-state index in [9.17, 15) is 4.79 Å². The van der Waals surface area contributed by atoms with E-state index < -0.39 is 0 Å². The maximum atomic E-state index is 12.8. The van der Waals surface area contributed by atoms with E-state index in [1.165, 1.54) is 11.3 Å². The molecule has 0 saturated carbocycles. The minimum atomic E-state index is -0.151. The molecule has 4 aromatic carbocycles. The maximum Gasteiger partial charge on any atom is 0.255 e. The molecule has 1 heterocycles. The van der Waals surface area contributed by atoms with Crippen molar-refractivity contribution in [3.63, 3.8) is 0 Å². The van der Waals surface area contributed by atoms with Gasteiger partial charge in [0, 0.05) is 27.9 Å². The number of benzene rings is 4. The Morgan fingerprint density at radius 2 is 1.49 bits per heavy atom. The van der Waals surface area contributed by atoms with Crippen molar-refractivity contribution in [2.75, 3.05) is 17.7 Å². The first-order valence-corrected chi connectivity index (χ1v) is 12.0. The number of hydrogen-bond acceptors (Lipinski definition) is 5. The Balaban J connectivity index is 1.26. The average Bonchev–Trinajstić information content (AvgIpc) is 3.38. The highest BCUT2D eigenvalue weighted by Gasteiger charge is 2.10. The van der Waals surface area contributed by atoms with E-state index in [1.54, 1.807) is 7.11 Å². The lowest BCUT2D eigenvalue weighted by Crippen LogP contribution is -2.11. The Morgan fingerprint density at radius 3 is 2.23 bits per heavy atom. The summed E-state index contributed by atoms with van der Waals surface area (Å²) in [5, 5.41) is 9.09. The van der Waals surface area contributed by atoms with Crippen molar-refractivity contribution in [3.05, 3.63) is 114 Å². The summed E-state index contributed by atoms with van der Waals surface area (Å²) in [5.74, 6) is 0.656. The number of aromatic nitrogens is 1. The van der Waals surface area contributed by atoms with Gasteiger partial charge < -0.3 is 15.4 Å². The number of methoxy groups -OCH3 is 1. The fraction of sp³-hybridized carbons (Fsp3) is 0.0345. The molecule has 5 rings (SSSR count). The lowest BCUT2D eigenvalue weighted by Gasteiger charge is -2.08. The van der Waals surface area contributed by atoms with Gasteiger partial charge in [0.2, 0.25) is 0 Å². The molecule has 0 aliphatic heterocycles. The van der Waals surface area contributed by atoms with Gasteiger partial charge in [0.15, 0.2) is 5.13 Å². The van der Waals surface area contributed by atoms with Gasteiger partial charge in [-0.15, -0.1) is 11.3 Å². The monoisotopic (exact) mass is 477 g/mol. The fourth-order valence-corrected chi connectivity index (χ4v) is 4.41. The Kier molecular flexibility index (Phi) is 6.55. The number of carbonyl (C=O) groups excluding carboxylic acids is 1. The van der Waals surface area contributed by atoms with Crippen LogP contribution in [0.3, 0.4) is 0 Å². The van der Waals surface area contributed by atoms with Crippen LogP contribution in [0.1, 0.15) is 10.4 Å². The number of nitrogens with zero attached hydrogens (tertiary/aromatic N) is 1. The second-order valence-electron chi connectivity index (χ2n) is 7.87. The zero-order chi connectivity index (χ0) is 24.0. The van der Waals surface area contributed by atoms with E-state index in [1.807, 2.05) is 96.4 Å². The zero-order valence-electron chi connectivity index (χ0n) is 19.1. The van der Waals surface area contributed by atoms with Gasteiger partial charge in [0.1, 0.15) is 5.75 Å². The third kappa shape index (κ3) is 5.39. The Hall–Kier alpha value is -4.42. The average molecular weight is 478 g/mol. The first kappa shape index (κ1) is 22.4. The van der Waals surface area contributed by atoms with Gasteiger partial charge in [0.05, 0.1) is 12.8 Å². The molecule has 0 atom stereocenters. The quantitative estimate of drug-likeness (QED) is 0.255. The summed E-state index contributed by atoms with van der Waals surface area (Å²) in [5.41, 5.74) is 6.23.